The van der Waals surface area contributed by atoms with Crippen LogP contribution in [0.5, 0.6) is 0 Å². The fourth-order valence-corrected chi connectivity index (χ4v) is 8.15. The molecule has 0 spiro atoms. The third kappa shape index (κ3) is 4.17. The summed E-state index contributed by atoms with van der Waals surface area (Å²) in [6.45, 7) is 0. The SMILES string of the molecule is SCCCCC[P+](c1ccccc1)(c1ccccc1)c1ccccc1. The van der Waals surface area contributed by atoms with E-state index >= 15 is 0 Å². The van der Waals surface area contributed by atoms with E-state index < -0.39 is 7.26 Å². The number of hydrogen-bond acceptors (Lipinski definition) is 1. The van der Waals surface area contributed by atoms with Crippen LogP contribution in [0.1, 0.15) is 19.3 Å². The number of rotatable bonds is 8. The van der Waals surface area contributed by atoms with Gasteiger partial charge in [-0.3, -0.25) is 0 Å². The van der Waals surface area contributed by atoms with Gasteiger partial charge in [0.2, 0.25) is 0 Å². The van der Waals surface area contributed by atoms with Crippen molar-refractivity contribution in [3.63, 3.8) is 0 Å². The predicted octanol–water partition coefficient (Wildman–Crippen LogP) is 5.08. The highest BCUT2D eigenvalue weighted by atomic mass is 32.1. The summed E-state index contributed by atoms with van der Waals surface area (Å²) in [5.41, 5.74) is 0. The summed E-state index contributed by atoms with van der Waals surface area (Å²) in [7, 11) is -1.62. The first-order valence-corrected chi connectivity index (χ1v) is 11.6. The monoisotopic (exact) mass is 365 g/mol. The van der Waals surface area contributed by atoms with E-state index in [1.807, 2.05) is 0 Å². The van der Waals surface area contributed by atoms with Gasteiger partial charge in [-0.1, -0.05) is 54.6 Å². The second-order valence-electron chi connectivity index (χ2n) is 6.32. The van der Waals surface area contributed by atoms with Gasteiger partial charge in [0.15, 0.2) is 0 Å². The lowest BCUT2D eigenvalue weighted by Gasteiger charge is -2.27. The zero-order valence-corrected chi connectivity index (χ0v) is 16.4. The van der Waals surface area contributed by atoms with E-state index in [2.05, 4.69) is 104 Å². The molecule has 0 fully saturated rings. The van der Waals surface area contributed by atoms with E-state index in [1.165, 1.54) is 41.3 Å². The summed E-state index contributed by atoms with van der Waals surface area (Å²) >= 11 is 4.38. The molecule has 0 aliphatic carbocycles. The highest BCUT2D eigenvalue weighted by Crippen LogP contribution is 2.55. The Kier molecular flexibility index (Phi) is 6.73. The molecule has 25 heavy (non-hydrogen) atoms. The summed E-state index contributed by atoms with van der Waals surface area (Å²) in [6.07, 6.45) is 4.91. The highest BCUT2D eigenvalue weighted by molar-refractivity contribution is 7.95. The number of benzene rings is 3. The Morgan fingerprint density at radius 1 is 0.520 bits per heavy atom. The van der Waals surface area contributed by atoms with E-state index in [-0.39, 0.29) is 0 Å². The van der Waals surface area contributed by atoms with Crippen molar-refractivity contribution >= 4 is 35.8 Å². The van der Waals surface area contributed by atoms with Gasteiger partial charge in [0.1, 0.15) is 23.2 Å². The first kappa shape index (κ1) is 18.2. The van der Waals surface area contributed by atoms with Gasteiger partial charge < -0.3 is 0 Å². The summed E-state index contributed by atoms with van der Waals surface area (Å²) in [5, 5.41) is 4.45. The quantitative estimate of drug-likeness (QED) is 0.321. The van der Waals surface area contributed by atoms with Crippen molar-refractivity contribution in [2.24, 2.45) is 0 Å². The van der Waals surface area contributed by atoms with Gasteiger partial charge in [-0.05, 0) is 61.4 Å². The fourth-order valence-electron chi connectivity index (χ4n) is 3.52. The van der Waals surface area contributed by atoms with E-state index in [0.29, 0.717) is 0 Å². The van der Waals surface area contributed by atoms with E-state index in [9.17, 15) is 0 Å². The van der Waals surface area contributed by atoms with Crippen LogP contribution >= 0.6 is 19.9 Å². The maximum atomic E-state index is 4.38. The van der Waals surface area contributed by atoms with Crippen molar-refractivity contribution in [1.29, 1.82) is 0 Å². The van der Waals surface area contributed by atoms with E-state index in [1.54, 1.807) is 0 Å². The standard InChI is InChI=1S/C23H25PS/c25-20-12-4-11-19-24(21-13-5-1-6-14-21,22-15-7-2-8-16-22)23-17-9-3-10-18-23/h1-3,5-10,13-18H,4,11-12,19-20H2/p+1. The van der Waals surface area contributed by atoms with Gasteiger partial charge in [0.25, 0.3) is 0 Å². The van der Waals surface area contributed by atoms with E-state index in [4.69, 9.17) is 0 Å². The van der Waals surface area contributed by atoms with Crippen LogP contribution in [0.2, 0.25) is 0 Å². The predicted molar refractivity (Wildman–Crippen MR) is 118 cm³/mol. The van der Waals surface area contributed by atoms with Crippen LogP contribution in [0.25, 0.3) is 0 Å². The Balaban J connectivity index is 2.13. The lowest BCUT2D eigenvalue weighted by Crippen LogP contribution is -2.33. The van der Waals surface area contributed by atoms with Gasteiger partial charge in [-0.25, -0.2) is 0 Å². The summed E-state index contributed by atoms with van der Waals surface area (Å²) < 4.78 is 0. The third-order valence-corrected chi connectivity index (χ3v) is 9.58. The first-order chi connectivity index (χ1) is 12.4. The zero-order chi connectivity index (χ0) is 17.4. The Hall–Kier alpha value is -1.56. The molecular weight excluding hydrogens is 339 g/mol. The molecule has 0 saturated carbocycles. The average Bonchev–Trinajstić information content (AvgIpc) is 2.70. The van der Waals surface area contributed by atoms with Crippen LogP contribution in [-0.2, 0) is 0 Å². The molecule has 0 radical (unpaired) electrons. The first-order valence-electron chi connectivity index (χ1n) is 9.04. The maximum Gasteiger partial charge on any atom is 0.112 e. The second-order valence-corrected chi connectivity index (χ2v) is 10.4. The average molecular weight is 366 g/mol. The van der Waals surface area contributed by atoms with Crippen molar-refractivity contribution in [3.8, 4) is 0 Å². The van der Waals surface area contributed by atoms with Crippen LogP contribution in [-0.4, -0.2) is 11.9 Å². The van der Waals surface area contributed by atoms with Gasteiger partial charge in [0, 0.05) is 0 Å². The molecule has 0 nitrogen and oxygen atoms in total. The molecule has 0 aliphatic rings. The Labute approximate surface area is 158 Å². The Morgan fingerprint density at radius 2 is 0.920 bits per heavy atom. The number of hydrogen-bond donors (Lipinski definition) is 1. The smallest absolute Gasteiger partial charge is 0.112 e. The molecule has 0 aromatic heterocycles. The van der Waals surface area contributed by atoms with Gasteiger partial charge >= 0.3 is 0 Å². The molecule has 0 bridgehead atoms. The highest BCUT2D eigenvalue weighted by Gasteiger charge is 2.44. The van der Waals surface area contributed by atoms with Crippen LogP contribution in [0.15, 0.2) is 91.0 Å². The summed E-state index contributed by atoms with van der Waals surface area (Å²) in [5.74, 6) is 0.980. The van der Waals surface area contributed by atoms with Crippen molar-refractivity contribution in [2.45, 2.75) is 19.3 Å². The molecule has 128 valence electrons. The molecule has 3 aromatic carbocycles. The lowest BCUT2D eigenvalue weighted by molar-refractivity contribution is 0.784. The maximum absolute atomic E-state index is 4.38. The molecule has 0 heterocycles. The molecule has 0 aliphatic heterocycles. The molecule has 0 saturated heterocycles. The van der Waals surface area contributed by atoms with Crippen molar-refractivity contribution in [3.05, 3.63) is 91.0 Å². The van der Waals surface area contributed by atoms with Crippen LogP contribution < -0.4 is 15.9 Å². The fraction of sp³-hybridized carbons (Fsp3) is 0.217. The third-order valence-electron chi connectivity index (χ3n) is 4.74. The van der Waals surface area contributed by atoms with E-state index in [0.717, 1.165) is 5.75 Å². The van der Waals surface area contributed by atoms with Crippen molar-refractivity contribution in [1.82, 2.24) is 0 Å². The second kappa shape index (κ2) is 9.22. The summed E-state index contributed by atoms with van der Waals surface area (Å²) in [4.78, 5) is 0. The Morgan fingerprint density at radius 3 is 1.28 bits per heavy atom. The van der Waals surface area contributed by atoms with Crippen molar-refractivity contribution in [2.75, 3.05) is 11.9 Å². The Bertz CT molecular complexity index is 644. The molecule has 0 atom stereocenters. The largest absolute Gasteiger partial charge is 0.179 e. The van der Waals surface area contributed by atoms with Gasteiger partial charge in [-0.2, -0.15) is 12.6 Å². The van der Waals surface area contributed by atoms with Crippen molar-refractivity contribution < 1.29 is 0 Å². The lowest BCUT2D eigenvalue weighted by atomic mass is 10.3. The van der Waals surface area contributed by atoms with Crippen LogP contribution in [0, 0.1) is 0 Å². The molecule has 0 N–H and O–H groups in total. The van der Waals surface area contributed by atoms with Gasteiger partial charge in [0.05, 0.1) is 6.16 Å². The molecule has 0 unspecified atom stereocenters. The van der Waals surface area contributed by atoms with Crippen LogP contribution in [0.3, 0.4) is 0 Å². The summed E-state index contributed by atoms with van der Waals surface area (Å²) in [6, 6.07) is 33.4. The number of unbranched alkanes of at least 4 members (excludes halogenated alkanes) is 2. The molecular formula is C23H26PS+. The molecule has 0 amide bonds. The molecule has 3 rings (SSSR count). The minimum absolute atomic E-state index is 0.980. The van der Waals surface area contributed by atoms with Crippen LogP contribution in [0.4, 0.5) is 0 Å². The van der Waals surface area contributed by atoms with Gasteiger partial charge in [-0.15, -0.1) is 0 Å². The minimum Gasteiger partial charge on any atom is -0.179 e. The normalized spacial score (nSPS) is 11.4. The zero-order valence-electron chi connectivity index (χ0n) is 14.6. The minimum atomic E-state index is -1.62. The number of thiol groups is 1. The molecule has 3 aromatic rings. The topological polar surface area (TPSA) is 0 Å². The molecule has 2 heteroatoms.